The molecular weight excluding hydrogens is 270 g/mol. The second kappa shape index (κ2) is 7.84. The molecule has 1 amide bonds. The van der Waals surface area contributed by atoms with Crippen molar-refractivity contribution in [2.24, 2.45) is 0 Å². The van der Waals surface area contributed by atoms with Crippen molar-refractivity contribution in [1.82, 2.24) is 5.32 Å². The van der Waals surface area contributed by atoms with E-state index in [1.54, 1.807) is 24.3 Å². The van der Waals surface area contributed by atoms with Crippen molar-refractivity contribution < 1.29 is 14.7 Å². The normalized spacial score (nSPS) is 9.78. The average molecular weight is 283 g/mol. The van der Waals surface area contributed by atoms with E-state index in [1.807, 2.05) is 6.07 Å². The Morgan fingerprint density at radius 2 is 1.94 bits per heavy atom. The lowest BCUT2D eigenvalue weighted by Gasteiger charge is -2.05. The van der Waals surface area contributed by atoms with Crippen LogP contribution in [0.3, 0.4) is 0 Å². The summed E-state index contributed by atoms with van der Waals surface area (Å²) in [5, 5.41) is 11.1. The maximum atomic E-state index is 11.7. The number of nitrogens with one attached hydrogen (secondary N) is 1. The lowest BCUT2D eigenvalue weighted by Crippen LogP contribution is -2.27. The molecule has 0 unspecified atom stereocenters. The highest BCUT2D eigenvalue weighted by atomic mass is 32.2. The van der Waals surface area contributed by atoms with Crippen LogP contribution in [0.1, 0.15) is 23.2 Å². The molecule has 0 bridgehead atoms. The van der Waals surface area contributed by atoms with Gasteiger partial charge in [-0.1, -0.05) is 42.2 Å². The van der Waals surface area contributed by atoms with Gasteiger partial charge in [-0.2, -0.15) is 0 Å². The highest BCUT2D eigenvalue weighted by molar-refractivity contribution is 8.23. The molecule has 0 heterocycles. The van der Waals surface area contributed by atoms with Crippen LogP contribution in [-0.4, -0.2) is 27.1 Å². The first kappa shape index (κ1) is 14.7. The number of carboxylic acids is 1. The van der Waals surface area contributed by atoms with E-state index in [0.29, 0.717) is 22.1 Å². The smallest absolute Gasteiger partial charge is 0.303 e. The van der Waals surface area contributed by atoms with Crippen LogP contribution in [0, 0.1) is 0 Å². The van der Waals surface area contributed by atoms with Gasteiger partial charge in [0.15, 0.2) is 0 Å². The predicted octanol–water partition coefficient (Wildman–Crippen LogP) is 2.30. The molecule has 0 radical (unpaired) electrons. The van der Waals surface area contributed by atoms with E-state index in [-0.39, 0.29) is 12.3 Å². The van der Waals surface area contributed by atoms with Gasteiger partial charge in [0.25, 0.3) is 5.91 Å². The first-order valence-corrected chi connectivity index (χ1v) is 6.74. The van der Waals surface area contributed by atoms with Gasteiger partial charge in [0, 0.05) is 17.7 Å². The van der Waals surface area contributed by atoms with Gasteiger partial charge in [-0.25, -0.2) is 0 Å². The zero-order valence-electron chi connectivity index (χ0n) is 9.59. The van der Waals surface area contributed by atoms with E-state index in [0.717, 1.165) is 0 Å². The molecule has 1 aromatic carbocycles. The number of carbonyl (C=O) groups is 2. The third-order valence-electron chi connectivity index (χ3n) is 2.02. The largest absolute Gasteiger partial charge is 0.481 e. The lowest BCUT2D eigenvalue weighted by atomic mass is 10.2. The van der Waals surface area contributed by atoms with Crippen LogP contribution in [-0.2, 0) is 4.79 Å². The number of thioether (sulfide) groups is 1. The Hall–Kier alpha value is -1.40. The van der Waals surface area contributed by atoms with E-state index in [2.05, 4.69) is 5.32 Å². The minimum absolute atomic E-state index is 0.113. The molecule has 0 aliphatic carbocycles. The van der Waals surface area contributed by atoms with E-state index in [4.69, 9.17) is 17.3 Å². The van der Waals surface area contributed by atoms with Crippen LogP contribution in [0.15, 0.2) is 30.3 Å². The van der Waals surface area contributed by atoms with Gasteiger partial charge in [-0.05, 0) is 18.6 Å². The van der Waals surface area contributed by atoms with Crippen molar-refractivity contribution in [3.63, 3.8) is 0 Å². The summed E-state index contributed by atoms with van der Waals surface area (Å²) in [5.41, 5.74) is 0.547. The predicted molar refractivity (Wildman–Crippen MR) is 75.8 cm³/mol. The van der Waals surface area contributed by atoms with Crippen LogP contribution >= 0.6 is 24.0 Å². The fourth-order valence-corrected chi connectivity index (χ4v) is 2.16. The quantitative estimate of drug-likeness (QED) is 0.641. The number of amides is 1. The fourth-order valence-electron chi connectivity index (χ4n) is 1.18. The monoisotopic (exact) mass is 283 g/mol. The van der Waals surface area contributed by atoms with Crippen molar-refractivity contribution in [3.05, 3.63) is 35.9 Å². The zero-order chi connectivity index (χ0) is 13.4. The Bertz CT molecular complexity index is 434. The minimum atomic E-state index is -0.824. The molecule has 0 aliphatic heterocycles. The first-order chi connectivity index (χ1) is 8.59. The molecule has 18 heavy (non-hydrogen) atoms. The Labute approximate surface area is 115 Å². The maximum absolute atomic E-state index is 11.7. The summed E-state index contributed by atoms with van der Waals surface area (Å²) < 4.78 is 0.370. The summed E-state index contributed by atoms with van der Waals surface area (Å²) in [6, 6.07) is 8.78. The topological polar surface area (TPSA) is 66.4 Å². The summed E-state index contributed by atoms with van der Waals surface area (Å²) in [6.45, 7) is 0. The van der Waals surface area contributed by atoms with Gasteiger partial charge < -0.3 is 10.4 Å². The van der Waals surface area contributed by atoms with Gasteiger partial charge in [-0.3, -0.25) is 9.59 Å². The van der Waals surface area contributed by atoms with Crippen LogP contribution in [0.4, 0.5) is 0 Å². The third kappa shape index (κ3) is 5.79. The molecule has 0 spiro atoms. The second-order valence-corrected chi connectivity index (χ2v) is 5.23. The van der Waals surface area contributed by atoms with Gasteiger partial charge in [0.2, 0.25) is 0 Å². The number of rotatable bonds is 5. The van der Waals surface area contributed by atoms with Gasteiger partial charge >= 0.3 is 5.97 Å². The second-order valence-electron chi connectivity index (χ2n) is 3.45. The Morgan fingerprint density at radius 3 is 2.56 bits per heavy atom. The van der Waals surface area contributed by atoms with E-state index in [9.17, 15) is 9.59 Å². The third-order valence-corrected chi connectivity index (χ3v) is 3.33. The highest BCUT2D eigenvalue weighted by Gasteiger charge is 2.07. The highest BCUT2D eigenvalue weighted by Crippen LogP contribution is 2.07. The summed E-state index contributed by atoms with van der Waals surface area (Å²) in [6.07, 6.45) is 0.642. The molecule has 4 nitrogen and oxygen atoms in total. The molecule has 0 saturated heterocycles. The van der Waals surface area contributed by atoms with Crippen molar-refractivity contribution in [2.45, 2.75) is 12.8 Å². The Morgan fingerprint density at radius 1 is 1.28 bits per heavy atom. The molecule has 96 valence electrons. The molecule has 0 atom stereocenters. The van der Waals surface area contributed by atoms with Crippen LogP contribution in [0.25, 0.3) is 0 Å². The molecule has 0 aromatic heterocycles. The minimum Gasteiger partial charge on any atom is -0.481 e. The molecule has 0 saturated carbocycles. The Kier molecular flexibility index (Phi) is 6.38. The fraction of sp³-hybridized carbons (Fsp3) is 0.250. The molecule has 1 aromatic rings. The first-order valence-electron chi connectivity index (χ1n) is 5.34. The maximum Gasteiger partial charge on any atom is 0.303 e. The number of hydrogen-bond donors (Lipinski definition) is 2. The van der Waals surface area contributed by atoms with E-state index in [1.165, 1.54) is 11.8 Å². The Balaban J connectivity index is 2.28. The average Bonchev–Trinajstić information content (AvgIpc) is 2.35. The van der Waals surface area contributed by atoms with Gasteiger partial charge in [0.05, 0.1) is 0 Å². The number of carbonyl (C=O) groups excluding carboxylic acids is 1. The summed E-state index contributed by atoms with van der Waals surface area (Å²) >= 11 is 6.27. The molecule has 0 fully saturated rings. The standard InChI is InChI=1S/C12H13NO3S2/c14-10(15)7-4-8-18-12(17)13-11(16)9-5-2-1-3-6-9/h1-3,5-6H,4,7-8H2,(H,14,15)(H,13,16,17). The van der Waals surface area contributed by atoms with Crippen molar-refractivity contribution in [2.75, 3.05) is 5.75 Å². The zero-order valence-corrected chi connectivity index (χ0v) is 11.2. The van der Waals surface area contributed by atoms with Crippen molar-refractivity contribution in [3.8, 4) is 0 Å². The molecular formula is C12H13NO3S2. The molecule has 1 rings (SSSR count). The number of thiocarbonyl (C=S) groups is 1. The van der Waals surface area contributed by atoms with E-state index < -0.39 is 5.97 Å². The van der Waals surface area contributed by atoms with E-state index >= 15 is 0 Å². The summed E-state index contributed by atoms with van der Waals surface area (Å²) in [5.74, 6) is -0.485. The lowest BCUT2D eigenvalue weighted by molar-refractivity contribution is -0.137. The van der Waals surface area contributed by atoms with Crippen LogP contribution in [0.2, 0.25) is 0 Å². The number of hydrogen-bond acceptors (Lipinski definition) is 4. The number of benzene rings is 1. The van der Waals surface area contributed by atoms with Crippen molar-refractivity contribution >= 4 is 40.2 Å². The SMILES string of the molecule is O=C(O)CCCSC(=S)NC(=O)c1ccccc1. The van der Waals surface area contributed by atoms with Crippen molar-refractivity contribution in [1.29, 1.82) is 0 Å². The molecule has 6 heteroatoms. The number of carboxylic acid groups (broad SMARTS) is 1. The van der Waals surface area contributed by atoms with Gasteiger partial charge in [0.1, 0.15) is 4.32 Å². The van der Waals surface area contributed by atoms with Gasteiger partial charge in [-0.15, -0.1) is 0 Å². The summed E-state index contributed by atoms with van der Waals surface area (Å²) in [7, 11) is 0. The molecule has 2 N–H and O–H groups in total. The molecule has 0 aliphatic rings. The number of aliphatic carboxylic acids is 1. The summed E-state index contributed by atoms with van der Waals surface area (Å²) in [4.78, 5) is 22.0. The van der Waals surface area contributed by atoms with Crippen LogP contribution in [0.5, 0.6) is 0 Å². The van der Waals surface area contributed by atoms with Crippen LogP contribution < -0.4 is 5.32 Å².